The number of rotatable bonds is 15. The van der Waals surface area contributed by atoms with Gasteiger partial charge >= 0.3 is 0 Å². The number of nitrogens with zero attached hydrogens (tertiary/aromatic N) is 2. The van der Waals surface area contributed by atoms with E-state index in [2.05, 4.69) is 51.8 Å². The van der Waals surface area contributed by atoms with Gasteiger partial charge in [0.2, 0.25) is 41.4 Å². The van der Waals surface area contributed by atoms with Gasteiger partial charge in [-0.05, 0) is 61.4 Å². The zero-order valence-electron chi connectivity index (χ0n) is 30.2. The van der Waals surface area contributed by atoms with Crippen molar-refractivity contribution in [3.63, 3.8) is 0 Å². The number of phenols is 1. The summed E-state index contributed by atoms with van der Waals surface area (Å²) in [6.07, 6.45) is 5.47. The number of thiol groups is 2. The molecule has 0 bridgehead atoms. The molecule has 5 rings (SSSR count). The predicted molar refractivity (Wildman–Crippen MR) is 210 cm³/mol. The summed E-state index contributed by atoms with van der Waals surface area (Å²) < 4.78 is 0. The molecular formula is C38H47N7O8S2. The van der Waals surface area contributed by atoms with Gasteiger partial charge in [0.15, 0.2) is 0 Å². The smallest absolute Gasteiger partial charge is 0.247 e. The van der Waals surface area contributed by atoms with Crippen molar-refractivity contribution >= 4 is 72.7 Å². The van der Waals surface area contributed by atoms with E-state index in [1.807, 2.05) is 18.2 Å². The number of likely N-dealkylation sites (tertiary alicyclic amines) is 2. The Bertz CT molecular complexity index is 1760. The van der Waals surface area contributed by atoms with Crippen LogP contribution < -0.4 is 26.6 Å². The number of amides is 7. The predicted octanol–water partition coefficient (Wildman–Crippen LogP) is 0.296. The Morgan fingerprint density at radius 2 is 1.44 bits per heavy atom. The van der Waals surface area contributed by atoms with E-state index in [9.17, 15) is 38.7 Å². The third kappa shape index (κ3) is 10.8. The summed E-state index contributed by atoms with van der Waals surface area (Å²) >= 11 is 8.55. The van der Waals surface area contributed by atoms with Crippen molar-refractivity contribution in [2.45, 2.75) is 81.2 Å². The van der Waals surface area contributed by atoms with E-state index in [4.69, 9.17) is 0 Å². The third-order valence-electron chi connectivity index (χ3n) is 9.89. The van der Waals surface area contributed by atoms with E-state index in [1.54, 1.807) is 30.3 Å². The Kier molecular flexibility index (Phi) is 14.6. The first-order valence-electron chi connectivity index (χ1n) is 18.3. The minimum Gasteiger partial charge on any atom is -0.508 e. The van der Waals surface area contributed by atoms with Crippen LogP contribution >= 0.6 is 25.3 Å². The van der Waals surface area contributed by atoms with Crippen LogP contribution in [0.15, 0.2) is 60.8 Å². The number of nitrogens with one attached hydrogen (secondary N) is 5. The van der Waals surface area contributed by atoms with E-state index in [1.165, 1.54) is 28.1 Å². The SMILES string of the molecule is O=C1CC[C@@H](C(=O)N[C@@H](CS)C(=O)N2CCC[C@H]2C(=O)N2CCC[C@H]2C(=O)N[C@@H](Cc2ccccc2)C(=O)N[C@@H](CS)C(=O)N/C=C/c2ccc(O)cc2)N1. The van der Waals surface area contributed by atoms with Crippen LogP contribution in [0.3, 0.4) is 0 Å². The van der Waals surface area contributed by atoms with Gasteiger partial charge in [-0.3, -0.25) is 33.6 Å². The highest BCUT2D eigenvalue weighted by Gasteiger charge is 2.44. The molecule has 2 aromatic rings. The first-order valence-corrected chi connectivity index (χ1v) is 19.6. The Morgan fingerprint density at radius 3 is 2.09 bits per heavy atom. The molecule has 0 radical (unpaired) electrons. The molecule has 0 aromatic heterocycles. The molecule has 0 spiro atoms. The Morgan fingerprint density at radius 1 is 0.782 bits per heavy atom. The van der Waals surface area contributed by atoms with Gasteiger partial charge in [-0.25, -0.2) is 0 Å². The zero-order chi connectivity index (χ0) is 39.5. The fraction of sp³-hybridized carbons (Fsp3) is 0.447. The highest BCUT2D eigenvalue weighted by atomic mass is 32.1. The van der Waals surface area contributed by atoms with Gasteiger partial charge in [-0.15, -0.1) is 0 Å². The molecule has 7 amide bonds. The molecule has 0 aliphatic carbocycles. The summed E-state index contributed by atoms with van der Waals surface area (Å²) in [7, 11) is 0. The van der Waals surface area contributed by atoms with Crippen molar-refractivity contribution in [2.75, 3.05) is 24.6 Å². The average Bonchev–Trinajstić information content (AvgIpc) is 3.98. The van der Waals surface area contributed by atoms with Gasteiger partial charge in [-0.1, -0.05) is 42.5 Å². The van der Waals surface area contributed by atoms with Crippen molar-refractivity contribution in [1.29, 1.82) is 0 Å². The van der Waals surface area contributed by atoms with Gasteiger partial charge < -0.3 is 41.5 Å². The minimum absolute atomic E-state index is 0.0193. The molecule has 2 aromatic carbocycles. The van der Waals surface area contributed by atoms with E-state index in [0.29, 0.717) is 32.1 Å². The van der Waals surface area contributed by atoms with E-state index < -0.39 is 71.7 Å². The van der Waals surface area contributed by atoms with Crippen LogP contribution in [0.5, 0.6) is 5.75 Å². The largest absolute Gasteiger partial charge is 0.508 e. The number of hydrogen-bond acceptors (Lipinski definition) is 10. The molecule has 15 nitrogen and oxygen atoms in total. The maximum absolute atomic E-state index is 14.1. The summed E-state index contributed by atoms with van der Waals surface area (Å²) in [4.78, 5) is 95.7. The maximum Gasteiger partial charge on any atom is 0.247 e. The zero-order valence-corrected chi connectivity index (χ0v) is 32.0. The second kappa shape index (κ2) is 19.5. The van der Waals surface area contributed by atoms with Crippen LogP contribution in [-0.4, -0.2) is 117 Å². The van der Waals surface area contributed by atoms with Crippen LogP contribution in [0, 0.1) is 0 Å². The molecule has 55 heavy (non-hydrogen) atoms. The number of phenolic OH excluding ortho intramolecular Hbond substituents is 1. The Hall–Kier alpha value is -5.03. The topological polar surface area (TPSA) is 206 Å². The van der Waals surface area contributed by atoms with E-state index >= 15 is 0 Å². The van der Waals surface area contributed by atoms with Crippen LogP contribution in [0.1, 0.15) is 49.7 Å². The lowest BCUT2D eigenvalue weighted by Crippen LogP contribution is -2.59. The highest BCUT2D eigenvalue weighted by Crippen LogP contribution is 2.26. The fourth-order valence-corrected chi connectivity index (χ4v) is 7.45. The van der Waals surface area contributed by atoms with Crippen LogP contribution in [0.4, 0.5) is 0 Å². The Balaban J connectivity index is 1.23. The molecule has 3 heterocycles. The molecule has 6 N–H and O–H groups in total. The average molecular weight is 794 g/mol. The summed E-state index contributed by atoms with van der Waals surface area (Å²) in [6, 6.07) is 9.73. The highest BCUT2D eigenvalue weighted by molar-refractivity contribution is 7.80. The first-order chi connectivity index (χ1) is 26.5. The van der Waals surface area contributed by atoms with E-state index in [-0.39, 0.29) is 49.1 Å². The normalized spacial score (nSPS) is 21.1. The van der Waals surface area contributed by atoms with Crippen molar-refractivity contribution < 1.29 is 38.7 Å². The standard InChI is InChI=1S/C38H47N7O8S2/c46-25-12-10-23(11-13-25)16-17-39-33(48)28(21-54)42-35(50)27(20-24-6-2-1-3-7-24)41-36(51)30-8-4-18-44(30)38(53)31-9-5-19-45(31)37(52)29(22-55)43-34(49)26-14-15-32(47)40-26/h1-3,6-7,10-13,16-17,26-31,46,54-55H,4-5,8-9,14-15,18-22H2,(H,39,48)(H,40,47)(H,41,51)(H,42,50)(H,43,49)/b17-16+/t26-,27-,28-,29-,30-,31-/m0/s1. The molecule has 3 aliphatic heterocycles. The van der Waals surface area contributed by atoms with Crippen LogP contribution in [0.2, 0.25) is 0 Å². The van der Waals surface area contributed by atoms with E-state index in [0.717, 1.165) is 11.1 Å². The molecule has 3 fully saturated rings. The van der Waals surface area contributed by atoms with Crippen molar-refractivity contribution in [1.82, 2.24) is 36.4 Å². The molecule has 6 atom stereocenters. The summed E-state index contributed by atoms with van der Waals surface area (Å²) in [5.74, 6) is -3.23. The molecular weight excluding hydrogens is 747 g/mol. The monoisotopic (exact) mass is 793 g/mol. The molecule has 3 saturated heterocycles. The van der Waals surface area contributed by atoms with Gasteiger partial charge in [0.05, 0.1) is 0 Å². The lowest BCUT2D eigenvalue weighted by molar-refractivity contribution is -0.148. The minimum atomic E-state index is -1.11. The lowest BCUT2D eigenvalue weighted by atomic mass is 10.0. The number of carbonyl (C=O) groups is 7. The summed E-state index contributed by atoms with van der Waals surface area (Å²) in [6.45, 7) is 0.560. The molecule has 294 valence electrons. The van der Waals surface area contributed by atoms with Crippen molar-refractivity contribution in [2.24, 2.45) is 0 Å². The fourth-order valence-electron chi connectivity index (χ4n) is 6.95. The summed E-state index contributed by atoms with van der Waals surface area (Å²) in [5.41, 5.74) is 1.48. The molecule has 3 aliphatic rings. The number of aromatic hydroxyl groups is 1. The third-order valence-corrected chi connectivity index (χ3v) is 10.6. The van der Waals surface area contributed by atoms with Gasteiger partial charge in [0, 0.05) is 43.6 Å². The quantitative estimate of drug-likeness (QED) is 0.118. The Labute approximate surface area is 330 Å². The van der Waals surface area contributed by atoms with Crippen LogP contribution in [0.25, 0.3) is 6.08 Å². The van der Waals surface area contributed by atoms with Crippen LogP contribution in [-0.2, 0) is 40.0 Å². The van der Waals surface area contributed by atoms with Gasteiger partial charge in [-0.2, -0.15) is 25.3 Å². The molecule has 17 heteroatoms. The number of hydrogen-bond donors (Lipinski definition) is 8. The van der Waals surface area contributed by atoms with Crippen molar-refractivity contribution in [3.05, 3.63) is 71.9 Å². The first kappa shape index (κ1) is 41.1. The second-order valence-electron chi connectivity index (χ2n) is 13.7. The maximum atomic E-state index is 14.1. The molecule has 0 saturated carbocycles. The number of carbonyl (C=O) groups excluding carboxylic acids is 7. The number of benzene rings is 2. The van der Waals surface area contributed by atoms with Gasteiger partial charge in [0.1, 0.15) is 42.0 Å². The lowest BCUT2D eigenvalue weighted by Gasteiger charge is -2.33. The summed E-state index contributed by atoms with van der Waals surface area (Å²) in [5, 5.41) is 22.9. The van der Waals surface area contributed by atoms with Gasteiger partial charge in [0.25, 0.3) is 0 Å². The second-order valence-corrected chi connectivity index (χ2v) is 14.4. The molecule has 0 unspecified atom stereocenters. The van der Waals surface area contributed by atoms with Crippen molar-refractivity contribution in [3.8, 4) is 5.75 Å².